The summed E-state index contributed by atoms with van der Waals surface area (Å²) in [4.78, 5) is 12.4. The number of phosphoric acid groups is 1. The van der Waals surface area contributed by atoms with Crippen LogP contribution in [0.4, 0.5) is 0 Å². The van der Waals surface area contributed by atoms with Gasteiger partial charge in [-0.2, -0.15) is 0 Å². The summed E-state index contributed by atoms with van der Waals surface area (Å²) in [7, 11) is -2.59. The number of phosphoric ester groups is 1. The van der Waals surface area contributed by atoms with Gasteiger partial charge in [-0.3, -0.25) is 13.8 Å². The zero-order chi connectivity index (χ0) is 16.4. The molecule has 3 N–H and O–H groups in total. The van der Waals surface area contributed by atoms with E-state index in [0.29, 0.717) is 12.0 Å². The van der Waals surface area contributed by atoms with Gasteiger partial charge in [-0.05, 0) is 43.8 Å². The van der Waals surface area contributed by atoms with Crippen LogP contribution in [0, 0.1) is 5.41 Å². The highest BCUT2D eigenvalue weighted by Gasteiger charge is 2.43. The van der Waals surface area contributed by atoms with Crippen molar-refractivity contribution in [2.75, 3.05) is 7.11 Å². The van der Waals surface area contributed by atoms with Crippen LogP contribution in [0.2, 0.25) is 0 Å². The van der Waals surface area contributed by atoms with Gasteiger partial charge in [-0.25, -0.2) is 10.5 Å². The number of ketones is 1. The Morgan fingerprint density at radius 2 is 2.00 bits per heavy atom. The number of rotatable bonds is 5. The van der Waals surface area contributed by atoms with Gasteiger partial charge in [-0.15, -0.1) is 0 Å². The molecule has 0 aromatic rings. The summed E-state index contributed by atoms with van der Waals surface area (Å²) < 4.78 is 26.5. The molecule has 1 aliphatic carbocycles. The summed E-state index contributed by atoms with van der Waals surface area (Å²) in [6.45, 7) is 9.78. The van der Waals surface area contributed by atoms with E-state index in [1.807, 2.05) is 33.8 Å². The predicted molar refractivity (Wildman–Crippen MR) is 79.0 cm³/mol. The molecular weight excluding hydrogens is 293 g/mol. The van der Waals surface area contributed by atoms with E-state index in [1.54, 1.807) is 6.92 Å². The molecular formula is C14H25NO5P+. The van der Waals surface area contributed by atoms with Gasteiger partial charge in [0.25, 0.3) is 0 Å². The van der Waals surface area contributed by atoms with Crippen molar-refractivity contribution in [3.05, 3.63) is 22.8 Å². The second-order valence-corrected chi connectivity index (χ2v) is 7.79. The fourth-order valence-electron chi connectivity index (χ4n) is 2.51. The predicted octanol–water partition coefficient (Wildman–Crippen LogP) is 2.58. The number of allylic oxidation sites excluding steroid dienone is 3. The van der Waals surface area contributed by atoms with Crippen molar-refractivity contribution in [2.45, 2.75) is 47.1 Å². The molecule has 2 unspecified atom stereocenters. The highest BCUT2D eigenvalue weighted by molar-refractivity contribution is 7.48. The Hall–Kier alpha value is -0.780. The van der Waals surface area contributed by atoms with E-state index in [4.69, 9.17) is 9.05 Å². The lowest BCUT2D eigenvalue weighted by Gasteiger charge is -2.36. The second kappa shape index (κ2) is 6.55. The number of hydrogen-bond donors (Lipinski definition) is 1. The lowest BCUT2D eigenvalue weighted by Crippen LogP contribution is -2.48. The summed E-state index contributed by atoms with van der Waals surface area (Å²) in [5, 5.41) is 0. The van der Waals surface area contributed by atoms with E-state index in [2.05, 4.69) is 10.5 Å². The first-order valence-corrected chi connectivity index (χ1v) is 8.21. The van der Waals surface area contributed by atoms with Crippen LogP contribution in [0.1, 0.15) is 41.0 Å². The van der Waals surface area contributed by atoms with Crippen LogP contribution in [-0.2, 0) is 23.0 Å². The monoisotopic (exact) mass is 318 g/mol. The summed E-state index contributed by atoms with van der Waals surface area (Å²) >= 11 is 0. The summed E-state index contributed by atoms with van der Waals surface area (Å²) in [5.74, 6) is 2.88. The van der Waals surface area contributed by atoms with Crippen LogP contribution in [0.25, 0.3) is 0 Å². The quantitative estimate of drug-likeness (QED) is 0.621. The SMILES string of the molecule is COP(=O)(O[NH3+])OC1CC(C)(C)C(C=C(C)C)=C(C)C1=O. The number of quaternary nitrogens is 1. The summed E-state index contributed by atoms with van der Waals surface area (Å²) in [6, 6.07) is 0. The molecule has 0 saturated carbocycles. The molecule has 0 saturated heterocycles. The first kappa shape index (κ1) is 18.3. The van der Waals surface area contributed by atoms with Gasteiger partial charge in [0.15, 0.2) is 5.78 Å². The molecule has 0 fully saturated rings. The molecule has 6 nitrogen and oxygen atoms in total. The second-order valence-electron chi connectivity index (χ2n) is 6.07. The van der Waals surface area contributed by atoms with Gasteiger partial charge >= 0.3 is 7.82 Å². The fraction of sp³-hybridized carbons (Fsp3) is 0.643. The number of Topliss-reactive ketones (excluding diaryl/α,β-unsaturated/α-hetero) is 1. The average molecular weight is 318 g/mol. The molecule has 0 spiro atoms. The Morgan fingerprint density at radius 1 is 1.43 bits per heavy atom. The molecule has 0 aromatic heterocycles. The zero-order valence-corrected chi connectivity index (χ0v) is 14.5. The van der Waals surface area contributed by atoms with Crippen LogP contribution in [-0.4, -0.2) is 19.0 Å². The van der Waals surface area contributed by atoms with E-state index in [1.165, 1.54) is 7.11 Å². The molecule has 0 bridgehead atoms. The van der Waals surface area contributed by atoms with Crippen molar-refractivity contribution in [1.82, 2.24) is 0 Å². The summed E-state index contributed by atoms with van der Waals surface area (Å²) in [5.41, 5.74) is 2.44. The fourth-order valence-corrected chi connectivity index (χ4v) is 3.24. The van der Waals surface area contributed by atoms with Gasteiger partial charge in [-0.1, -0.05) is 30.1 Å². The zero-order valence-electron chi connectivity index (χ0n) is 13.6. The molecule has 7 heteroatoms. The third-order valence-corrected chi connectivity index (χ3v) is 4.84. The van der Waals surface area contributed by atoms with Crippen molar-refractivity contribution < 1.29 is 28.9 Å². The van der Waals surface area contributed by atoms with E-state index >= 15 is 0 Å². The van der Waals surface area contributed by atoms with Gasteiger partial charge in [0.2, 0.25) is 0 Å². The van der Waals surface area contributed by atoms with Crippen LogP contribution >= 0.6 is 7.82 Å². The lowest BCUT2D eigenvalue weighted by atomic mass is 9.70. The molecule has 120 valence electrons. The molecule has 21 heavy (non-hydrogen) atoms. The number of carbonyl (C=O) groups is 1. The van der Waals surface area contributed by atoms with Gasteiger partial charge in [0.1, 0.15) is 6.10 Å². The van der Waals surface area contributed by atoms with E-state index < -0.39 is 13.9 Å². The Labute approximate surface area is 125 Å². The molecule has 0 aromatic carbocycles. The average Bonchev–Trinajstić information content (AvgIpc) is 2.40. The Kier molecular flexibility index (Phi) is 5.69. The number of carbonyl (C=O) groups excluding carboxylic acids is 1. The van der Waals surface area contributed by atoms with E-state index in [9.17, 15) is 9.36 Å². The van der Waals surface area contributed by atoms with Crippen molar-refractivity contribution in [3.8, 4) is 0 Å². The van der Waals surface area contributed by atoms with Gasteiger partial charge in [0, 0.05) is 7.11 Å². The maximum absolute atomic E-state index is 12.4. The van der Waals surface area contributed by atoms with Crippen molar-refractivity contribution >= 4 is 13.6 Å². The highest BCUT2D eigenvalue weighted by atomic mass is 31.2. The number of hydrogen-bond acceptors (Lipinski definition) is 5. The molecule has 0 heterocycles. The molecule has 2 atom stereocenters. The Bertz CT molecular complexity index is 523. The minimum absolute atomic E-state index is 0.198. The normalized spacial score (nSPS) is 24.7. The van der Waals surface area contributed by atoms with Gasteiger partial charge < -0.3 is 0 Å². The largest absolute Gasteiger partial charge is 0.521 e. The maximum atomic E-state index is 12.4. The van der Waals surface area contributed by atoms with E-state index in [0.717, 1.165) is 11.1 Å². The molecule has 0 amide bonds. The molecule has 1 aliphatic rings. The van der Waals surface area contributed by atoms with Crippen molar-refractivity contribution in [1.29, 1.82) is 0 Å². The third kappa shape index (κ3) is 4.11. The van der Waals surface area contributed by atoms with E-state index in [-0.39, 0.29) is 11.2 Å². The minimum atomic E-state index is -3.79. The summed E-state index contributed by atoms with van der Waals surface area (Å²) in [6.07, 6.45) is 1.55. The van der Waals surface area contributed by atoms with Crippen LogP contribution in [0.5, 0.6) is 0 Å². The first-order valence-electron chi connectivity index (χ1n) is 6.74. The van der Waals surface area contributed by atoms with Crippen LogP contribution < -0.4 is 5.90 Å². The maximum Gasteiger partial charge on any atom is 0.521 e. The standard InChI is InChI=1S/C14H25NO5P/c1-9(2)7-11-10(3)13(16)12(8-14(11,4)5)19-21(17,18-6)20-15/h7,12H,8H2,1-6,15H3/q+1. The molecule has 0 aliphatic heterocycles. The van der Waals surface area contributed by atoms with Gasteiger partial charge in [0.05, 0.1) is 0 Å². The van der Waals surface area contributed by atoms with Crippen molar-refractivity contribution in [3.63, 3.8) is 0 Å². The smallest absolute Gasteiger partial charge is 0.292 e. The Balaban J connectivity index is 3.18. The van der Waals surface area contributed by atoms with Crippen LogP contribution in [0.3, 0.4) is 0 Å². The lowest BCUT2D eigenvalue weighted by molar-refractivity contribution is -0.643. The molecule has 0 radical (unpaired) electrons. The Morgan fingerprint density at radius 3 is 2.43 bits per heavy atom. The first-order chi connectivity index (χ1) is 9.56. The third-order valence-electron chi connectivity index (χ3n) is 3.56. The van der Waals surface area contributed by atoms with Crippen LogP contribution in [0.15, 0.2) is 22.8 Å². The topological polar surface area (TPSA) is 89.5 Å². The molecule has 1 rings (SSSR count). The van der Waals surface area contributed by atoms with Crippen molar-refractivity contribution in [2.24, 2.45) is 5.41 Å². The highest BCUT2D eigenvalue weighted by Crippen LogP contribution is 2.51. The minimum Gasteiger partial charge on any atom is -0.292 e.